The number of carbonyl (C=O) groups is 1. The number of benzene rings is 1. The monoisotopic (exact) mass is 434 g/mol. The molecule has 0 aliphatic carbocycles. The zero-order chi connectivity index (χ0) is 21.9. The molecule has 0 radical (unpaired) electrons. The van der Waals surface area contributed by atoms with Crippen LogP contribution in [0, 0.1) is 16.0 Å². The number of nitrogens with one attached hydrogen (secondary N) is 1. The Morgan fingerprint density at radius 1 is 1.23 bits per heavy atom. The van der Waals surface area contributed by atoms with Crippen LogP contribution in [0.2, 0.25) is 0 Å². The van der Waals surface area contributed by atoms with Crippen molar-refractivity contribution in [2.45, 2.75) is 17.7 Å². The Kier molecular flexibility index (Phi) is 6.32. The van der Waals surface area contributed by atoms with Crippen LogP contribution in [0.25, 0.3) is 0 Å². The van der Waals surface area contributed by atoms with E-state index in [9.17, 15) is 28.1 Å². The summed E-state index contributed by atoms with van der Waals surface area (Å²) in [5, 5.41) is 10.9. The van der Waals surface area contributed by atoms with Gasteiger partial charge in [0.15, 0.2) is 0 Å². The van der Waals surface area contributed by atoms with Crippen molar-refractivity contribution in [1.29, 1.82) is 0 Å². The van der Waals surface area contributed by atoms with Crippen molar-refractivity contribution in [3.05, 3.63) is 68.6 Å². The van der Waals surface area contributed by atoms with E-state index in [1.54, 1.807) is 24.2 Å². The first-order valence-electron chi connectivity index (χ1n) is 9.38. The highest BCUT2D eigenvalue weighted by Crippen LogP contribution is 2.20. The fourth-order valence-corrected chi connectivity index (χ4v) is 4.50. The van der Waals surface area contributed by atoms with Crippen LogP contribution < -0.4 is 10.3 Å². The zero-order valence-corrected chi connectivity index (χ0v) is 17.2. The minimum atomic E-state index is -3.88. The van der Waals surface area contributed by atoms with Gasteiger partial charge in [-0.3, -0.25) is 19.7 Å². The lowest BCUT2D eigenvalue weighted by Crippen LogP contribution is -2.43. The number of piperidine rings is 1. The van der Waals surface area contributed by atoms with Crippen molar-refractivity contribution in [3.8, 4) is 0 Å². The molecule has 2 aromatic rings. The third kappa shape index (κ3) is 4.74. The number of hydrogen-bond donors (Lipinski definition) is 1. The topological polar surface area (TPSA) is 132 Å². The molecule has 1 aromatic heterocycles. The second-order valence-corrected chi connectivity index (χ2v) is 8.95. The molecule has 11 heteroatoms. The number of likely N-dealkylation sites (tertiary alicyclic amines) is 1. The molecule has 0 saturated carbocycles. The highest BCUT2D eigenvalue weighted by molar-refractivity contribution is 7.89. The van der Waals surface area contributed by atoms with Crippen LogP contribution in [0.15, 0.2) is 52.3 Å². The van der Waals surface area contributed by atoms with Crippen molar-refractivity contribution < 1.29 is 18.1 Å². The number of sulfonamides is 1. The lowest BCUT2D eigenvalue weighted by atomic mass is 9.97. The van der Waals surface area contributed by atoms with E-state index < -0.39 is 14.9 Å². The van der Waals surface area contributed by atoms with Crippen molar-refractivity contribution in [2.75, 3.05) is 19.6 Å². The molecule has 1 aliphatic rings. The average molecular weight is 434 g/mol. The zero-order valence-electron chi connectivity index (χ0n) is 16.4. The van der Waals surface area contributed by atoms with Gasteiger partial charge < -0.3 is 9.47 Å². The molecular weight excluding hydrogens is 412 g/mol. The number of nitro benzene ring substituents is 1. The van der Waals surface area contributed by atoms with Crippen molar-refractivity contribution in [1.82, 2.24) is 14.2 Å². The lowest BCUT2D eigenvalue weighted by Gasteiger charge is -2.32. The van der Waals surface area contributed by atoms with Gasteiger partial charge >= 0.3 is 0 Å². The molecule has 3 rings (SSSR count). The highest BCUT2D eigenvalue weighted by atomic mass is 32.2. The molecule has 1 fully saturated rings. The van der Waals surface area contributed by atoms with Gasteiger partial charge in [-0.25, -0.2) is 13.1 Å². The standard InChI is InChI=1S/C19H22N4O6S/c1-21-9-3-6-17(18(21)24)19(25)22-10-7-14(8-11-22)13-20-30(28,29)16-5-2-4-15(12-16)23(26)27/h2-6,9,12,14,20H,7-8,10-11,13H2,1H3. The van der Waals surface area contributed by atoms with E-state index in [4.69, 9.17) is 0 Å². The summed E-state index contributed by atoms with van der Waals surface area (Å²) in [6.07, 6.45) is 2.74. The normalized spacial score (nSPS) is 15.2. The number of non-ortho nitro benzene ring substituents is 1. The third-order valence-corrected chi connectivity index (χ3v) is 6.58. The molecule has 1 N–H and O–H groups in total. The van der Waals surface area contributed by atoms with Gasteiger partial charge in [0.05, 0.1) is 9.82 Å². The summed E-state index contributed by atoms with van der Waals surface area (Å²) in [7, 11) is -2.30. The molecule has 0 unspecified atom stereocenters. The summed E-state index contributed by atoms with van der Waals surface area (Å²) in [4.78, 5) is 36.4. The van der Waals surface area contributed by atoms with Crippen LogP contribution >= 0.6 is 0 Å². The highest BCUT2D eigenvalue weighted by Gasteiger charge is 2.26. The second kappa shape index (κ2) is 8.76. The van der Waals surface area contributed by atoms with Gasteiger partial charge in [0.25, 0.3) is 17.2 Å². The third-order valence-electron chi connectivity index (χ3n) is 5.16. The minimum absolute atomic E-state index is 0.0149. The maximum Gasteiger partial charge on any atom is 0.270 e. The summed E-state index contributed by atoms with van der Waals surface area (Å²) < 4.78 is 28.7. The van der Waals surface area contributed by atoms with Crippen LogP contribution in [0.1, 0.15) is 23.2 Å². The smallest absolute Gasteiger partial charge is 0.270 e. The predicted molar refractivity (Wildman–Crippen MR) is 109 cm³/mol. The summed E-state index contributed by atoms with van der Waals surface area (Å²) >= 11 is 0. The molecular formula is C19H22N4O6S. The van der Waals surface area contributed by atoms with Crippen LogP contribution in [-0.4, -0.2) is 48.3 Å². The first-order valence-corrected chi connectivity index (χ1v) is 10.9. The number of pyridine rings is 1. The van der Waals surface area contributed by atoms with Gasteiger partial charge in [-0.05, 0) is 37.0 Å². The van der Waals surface area contributed by atoms with Crippen molar-refractivity contribution in [2.24, 2.45) is 13.0 Å². The molecule has 1 saturated heterocycles. The Bertz CT molecular complexity index is 1120. The predicted octanol–water partition coefficient (Wildman–Crippen LogP) is 1.12. The van der Waals surface area contributed by atoms with Crippen molar-refractivity contribution >= 4 is 21.6 Å². The maximum atomic E-state index is 12.6. The number of nitro groups is 1. The average Bonchev–Trinajstić information content (AvgIpc) is 2.74. The minimum Gasteiger partial charge on any atom is -0.338 e. The van der Waals surface area contributed by atoms with Crippen molar-refractivity contribution in [3.63, 3.8) is 0 Å². The van der Waals surface area contributed by atoms with E-state index in [-0.39, 0.29) is 40.1 Å². The van der Waals surface area contributed by atoms with E-state index in [1.807, 2.05) is 0 Å². The van der Waals surface area contributed by atoms with Crippen LogP contribution in [0.3, 0.4) is 0 Å². The summed E-state index contributed by atoms with van der Waals surface area (Å²) in [5.41, 5.74) is -0.532. The number of carbonyl (C=O) groups excluding carboxylic acids is 1. The van der Waals surface area contributed by atoms with E-state index in [1.165, 1.54) is 28.8 Å². The molecule has 10 nitrogen and oxygen atoms in total. The van der Waals surface area contributed by atoms with Gasteiger partial charge in [-0.15, -0.1) is 0 Å². The largest absolute Gasteiger partial charge is 0.338 e. The molecule has 1 aliphatic heterocycles. The van der Waals surface area contributed by atoms with Gasteiger partial charge in [0.2, 0.25) is 10.0 Å². The number of aryl methyl sites for hydroxylation is 1. The SMILES string of the molecule is Cn1cccc(C(=O)N2CCC(CNS(=O)(=O)c3cccc([N+](=O)[O-])c3)CC2)c1=O. The Morgan fingerprint density at radius 3 is 2.60 bits per heavy atom. The van der Waals surface area contributed by atoms with Crippen LogP contribution in [-0.2, 0) is 17.1 Å². The molecule has 0 atom stereocenters. The van der Waals surface area contributed by atoms with E-state index in [0.29, 0.717) is 25.9 Å². The van der Waals surface area contributed by atoms with E-state index in [0.717, 1.165) is 6.07 Å². The first kappa shape index (κ1) is 21.7. The van der Waals surface area contributed by atoms with Gasteiger partial charge in [0, 0.05) is 45.0 Å². The van der Waals surface area contributed by atoms with E-state index in [2.05, 4.69) is 4.72 Å². The maximum absolute atomic E-state index is 12.6. The summed E-state index contributed by atoms with van der Waals surface area (Å²) in [6.45, 7) is 1.00. The van der Waals surface area contributed by atoms with Gasteiger partial charge in [-0.1, -0.05) is 6.07 Å². The molecule has 0 bridgehead atoms. The fourth-order valence-electron chi connectivity index (χ4n) is 3.35. The molecule has 2 heterocycles. The number of hydrogen-bond acceptors (Lipinski definition) is 6. The van der Waals surface area contributed by atoms with Crippen LogP contribution in [0.4, 0.5) is 5.69 Å². The Morgan fingerprint density at radius 2 is 1.93 bits per heavy atom. The molecule has 0 spiro atoms. The molecule has 1 aromatic carbocycles. The Hall–Kier alpha value is -3.05. The van der Waals surface area contributed by atoms with Crippen LogP contribution in [0.5, 0.6) is 0 Å². The van der Waals surface area contributed by atoms with Gasteiger partial charge in [-0.2, -0.15) is 0 Å². The number of amides is 1. The Balaban J connectivity index is 1.58. The fraction of sp³-hybridized carbons (Fsp3) is 0.368. The number of aromatic nitrogens is 1. The lowest BCUT2D eigenvalue weighted by molar-refractivity contribution is -0.385. The second-order valence-electron chi connectivity index (χ2n) is 7.18. The Labute approximate surface area is 173 Å². The number of nitrogens with zero attached hydrogens (tertiary/aromatic N) is 3. The van der Waals surface area contributed by atoms with E-state index >= 15 is 0 Å². The number of rotatable bonds is 6. The summed E-state index contributed by atoms with van der Waals surface area (Å²) in [5.74, 6) is -0.312. The first-order chi connectivity index (χ1) is 14.2. The molecule has 30 heavy (non-hydrogen) atoms. The molecule has 160 valence electrons. The molecule has 1 amide bonds. The summed E-state index contributed by atoms with van der Waals surface area (Å²) in [6, 6.07) is 8.02. The quantitative estimate of drug-likeness (QED) is 0.535. The van der Waals surface area contributed by atoms with Gasteiger partial charge in [0.1, 0.15) is 5.56 Å².